The molecule has 9 heteroatoms. The van der Waals surface area contributed by atoms with E-state index in [1.54, 1.807) is 60.7 Å². The zero-order chi connectivity index (χ0) is 25.4. The third-order valence-corrected chi connectivity index (χ3v) is 5.25. The van der Waals surface area contributed by atoms with Crippen molar-refractivity contribution in [2.24, 2.45) is 0 Å². The van der Waals surface area contributed by atoms with E-state index in [0.29, 0.717) is 38.3 Å². The number of ketones is 1. The Morgan fingerprint density at radius 2 is 1.69 bits per heavy atom. The number of rotatable bonds is 8. The van der Waals surface area contributed by atoms with Gasteiger partial charge in [-0.25, -0.2) is 0 Å². The summed E-state index contributed by atoms with van der Waals surface area (Å²) < 4.78 is 5.47. The first-order chi connectivity index (χ1) is 16.8. The first-order valence-electron chi connectivity index (χ1n) is 10.3. The van der Waals surface area contributed by atoms with Crippen LogP contribution >= 0.6 is 23.2 Å². The van der Waals surface area contributed by atoms with Gasteiger partial charge in [-0.1, -0.05) is 47.5 Å². The normalized spacial score (nSPS) is 10.7. The first-order valence-corrected chi connectivity index (χ1v) is 11.0. The summed E-state index contributed by atoms with van der Waals surface area (Å²) in [5.41, 5.74) is 1.48. The van der Waals surface area contributed by atoms with Crippen LogP contribution in [0.15, 0.2) is 72.3 Å². The van der Waals surface area contributed by atoms with Gasteiger partial charge in [0.05, 0.1) is 16.4 Å². The van der Waals surface area contributed by atoms with Crippen LogP contribution in [0.2, 0.25) is 10.0 Å². The number of nitrogens with one attached hydrogen (secondary N) is 2. The molecular formula is C26H19Cl2N3O4. The fourth-order valence-corrected chi connectivity index (χ4v) is 3.33. The molecule has 0 saturated heterocycles. The van der Waals surface area contributed by atoms with Gasteiger partial charge in [0.2, 0.25) is 0 Å². The van der Waals surface area contributed by atoms with E-state index in [2.05, 4.69) is 10.6 Å². The van der Waals surface area contributed by atoms with Crippen LogP contribution in [0.5, 0.6) is 5.75 Å². The maximum atomic E-state index is 12.6. The predicted molar refractivity (Wildman–Crippen MR) is 136 cm³/mol. The van der Waals surface area contributed by atoms with Gasteiger partial charge in [0.15, 0.2) is 12.4 Å². The average Bonchev–Trinajstić information content (AvgIpc) is 2.84. The second-order valence-corrected chi connectivity index (χ2v) is 8.10. The van der Waals surface area contributed by atoms with Crippen LogP contribution in [-0.2, 0) is 9.59 Å². The molecule has 0 bridgehead atoms. The van der Waals surface area contributed by atoms with Gasteiger partial charge in [-0.05, 0) is 61.0 Å². The Labute approximate surface area is 211 Å². The average molecular weight is 508 g/mol. The number of anilines is 2. The number of carbonyl (C=O) groups is 3. The molecule has 2 N–H and O–H groups in total. The number of nitrogens with zero attached hydrogens (tertiary/aromatic N) is 1. The van der Waals surface area contributed by atoms with Gasteiger partial charge in [0.25, 0.3) is 11.8 Å². The van der Waals surface area contributed by atoms with Gasteiger partial charge in [-0.2, -0.15) is 5.26 Å². The smallest absolute Gasteiger partial charge is 0.266 e. The molecule has 0 saturated carbocycles. The zero-order valence-electron chi connectivity index (χ0n) is 18.5. The Bertz CT molecular complexity index is 1350. The van der Waals surface area contributed by atoms with E-state index in [0.717, 1.165) is 0 Å². The molecular weight excluding hydrogens is 489 g/mol. The zero-order valence-corrected chi connectivity index (χ0v) is 20.0. The van der Waals surface area contributed by atoms with Crippen molar-refractivity contribution in [2.75, 3.05) is 17.2 Å². The van der Waals surface area contributed by atoms with Crippen molar-refractivity contribution in [3.05, 3.63) is 93.5 Å². The van der Waals surface area contributed by atoms with E-state index in [1.807, 2.05) is 6.07 Å². The minimum Gasteiger partial charge on any atom is -0.484 e. The number of ether oxygens (including phenoxy) is 1. The standard InChI is InChI=1S/C26H19Cl2N3O4/c1-16(32)21-4-2-3-5-23(21)31-26(34)18(14-29)12-17-6-9-20(10-7-17)35-15-25(33)30-24-13-19(27)8-11-22(24)28/h2-13H,15H2,1H3,(H,30,33)(H,31,34)/b18-12-. The monoisotopic (exact) mass is 507 g/mol. The lowest BCUT2D eigenvalue weighted by Crippen LogP contribution is -2.20. The largest absolute Gasteiger partial charge is 0.484 e. The second-order valence-electron chi connectivity index (χ2n) is 7.26. The van der Waals surface area contributed by atoms with Crippen LogP contribution in [0, 0.1) is 11.3 Å². The van der Waals surface area contributed by atoms with Crippen molar-refractivity contribution in [3.8, 4) is 11.8 Å². The third kappa shape index (κ3) is 7.18. The highest BCUT2D eigenvalue weighted by molar-refractivity contribution is 6.35. The van der Waals surface area contributed by atoms with Gasteiger partial charge in [0.1, 0.15) is 17.4 Å². The van der Waals surface area contributed by atoms with Gasteiger partial charge < -0.3 is 15.4 Å². The molecule has 3 aromatic carbocycles. The molecule has 0 heterocycles. The van der Waals surface area contributed by atoms with Crippen LogP contribution < -0.4 is 15.4 Å². The molecule has 0 aliphatic heterocycles. The predicted octanol–water partition coefficient (Wildman–Crippen LogP) is 5.76. The van der Waals surface area contributed by atoms with Crippen LogP contribution in [0.25, 0.3) is 6.08 Å². The summed E-state index contributed by atoms with van der Waals surface area (Å²) in [6.07, 6.45) is 1.41. The Hall–Kier alpha value is -4.12. The number of carbonyl (C=O) groups excluding carboxylic acids is 3. The summed E-state index contributed by atoms with van der Waals surface area (Å²) in [7, 11) is 0. The molecule has 35 heavy (non-hydrogen) atoms. The fraction of sp³-hybridized carbons (Fsp3) is 0.0769. The van der Waals surface area contributed by atoms with Crippen LogP contribution in [-0.4, -0.2) is 24.2 Å². The quantitative estimate of drug-likeness (QED) is 0.229. The lowest BCUT2D eigenvalue weighted by molar-refractivity contribution is -0.118. The summed E-state index contributed by atoms with van der Waals surface area (Å²) in [6.45, 7) is 1.13. The highest BCUT2D eigenvalue weighted by Crippen LogP contribution is 2.25. The fourth-order valence-electron chi connectivity index (χ4n) is 2.99. The van der Waals surface area contributed by atoms with Crippen molar-refractivity contribution in [3.63, 3.8) is 0 Å². The molecule has 0 aliphatic rings. The van der Waals surface area contributed by atoms with Gasteiger partial charge in [0, 0.05) is 10.6 Å². The molecule has 0 spiro atoms. The topological polar surface area (TPSA) is 108 Å². The lowest BCUT2D eigenvalue weighted by Gasteiger charge is -2.10. The molecule has 0 radical (unpaired) electrons. The van der Waals surface area contributed by atoms with Gasteiger partial charge in [-0.3, -0.25) is 14.4 Å². The molecule has 0 aromatic heterocycles. The Kier molecular flexibility index (Phi) is 8.63. The molecule has 0 atom stereocenters. The number of hydrogen-bond acceptors (Lipinski definition) is 5. The maximum absolute atomic E-state index is 12.6. The van der Waals surface area contributed by atoms with E-state index in [4.69, 9.17) is 27.9 Å². The Morgan fingerprint density at radius 3 is 2.37 bits per heavy atom. The van der Waals surface area contributed by atoms with Crippen LogP contribution in [0.1, 0.15) is 22.8 Å². The van der Waals surface area contributed by atoms with Crippen molar-refractivity contribution in [1.82, 2.24) is 0 Å². The van der Waals surface area contributed by atoms with Crippen molar-refractivity contribution in [1.29, 1.82) is 5.26 Å². The molecule has 0 unspecified atom stereocenters. The van der Waals surface area contributed by atoms with E-state index >= 15 is 0 Å². The minimum absolute atomic E-state index is 0.144. The number of hydrogen-bond donors (Lipinski definition) is 2. The van der Waals surface area contributed by atoms with Gasteiger partial charge in [-0.15, -0.1) is 0 Å². The second kappa shape index (κ2) is 11.8. The Balaban J connectivity index is 1.62. The minimum atomic E-state index is -0.641. The summed E-state index contributed by atoms with van der Waals surface area (Å²) in [4.78, 5) is 36.5. The summed E-state index contributed by atoms with van der Waals surface area (Å²) >= 11 is 11.9. The molecule has 3 rings (SSSR count). The highest BCUT2D eigenvalue weighted by Gasteiger charge is 2.14. The van der Waals surface area contributed by atoms with E-state index in [9.17, 15) is 19.6 Å². The number of nitriles is 1. The highest BCUT2D eigenvalue weighted by atomic mass is 35.5. The van der Waals surface area contributed by atoms with E-state index in [-0.39, 0.29) is 18.0 Å². The van der Waals surface area contributed by atoms with Crippen LogP contribution in [0.4, 0.5) is 11.4 Å². The number of halogens is 2. The van der Waals surface area contributed by atoms with Crippen molar-refractivity contribution < 1.29 is 19.1 Å². The molecule has 176 valence electrons. The van der Waals surface area contributed by atoms with Crippen molar-refractivity contribution >= 4 is 58.3 Å². The third-order valence-electron chi connectivity index (χ3n) is 4.68. The lowest BCUT2D eigenvalue weighted by atomic mass is 10.1. The number of benzene rings is 3. The molecule has 0 aliphatic carbocycles. The molecule has 0 fully saturated rings. The first kappa shape index (κ1) is 25.5. The summed E-state index contributed by atoms with van der Waals surface area (Å²) in [5, 5.41) is 15.4. The number of para-hydroxylation sites is 1. The number of Topliss-reactive ketones (excluding diaryl/α,β-unsaturated/α-hetero) is 1. The molecule has 7 nitrogen and oxygen atoms in total. The maximum Gasteiger partial charge on any atom is 0.266 e. The van der Waals surface area contributed by atoms with Gasteiger partial charge >= 0.3 is 0 Å². The summed E-state index contributed by atoms with van der Waals surface area (Å²) in [5.74, 6) is -0.860. The SMILES string of the molecule is CC(=O)c1ccccc1NC(=O)/C(C#N)=C\c1ccc(OCC(=O)Nc2cc(Cl)ccc2Cl)cc1. The van der Waals surface area contributed by atoms with Crippen molar-refractivity contribution in [2.45, 2.75) is 6.92 Å². The molecule has 2 amide bonds. The van der Waals surface area contributed by atoms with Crippen LogP contribution in [0.3, 0.4) is 0 Å². The Morgan fingerprint density at radius 1 is 0.971 bits per heavy atom. The van der Waals surface area contributed by atoms with E-state index < -0.39 is 11.8 Å². The molecule has 3 aromatic rings. The van der Waals surface area contributed by atoms with E-state index in [1.165, 1.54) is 19.1 Å². The summed E-state index contributed by atoms with van der Waals surface area (Å²) in [6, 6.07) is 19.6. The number of amides is 2.